The van der Waals surface area contributed by atoms with Crippen LogP contribution in [0.25, 0.3) is 5.69 Å². The van der Waals surface area contributed by atoms with Gasteiger partial charge in [0.2, 0.25) is 0 Å². The second kappa shape index (κ2) is 6.81. The standard InChI is InChI=1S/C16H17ClN4O4/c1-10-6-7-19(9-14(10)22)13-8-18-20(16(23)15(13)17)11-2-4-12(5-3-11)21(24)25/h2-5,8,10,14,22H,6-7,9H2,1H3. The van der Waals surface area contributed by atoms with Gasteiger partial charge >= 0.3 is 0 Å². The van der Waals surface area contributed by atoms with Crippen molar-refractivity contribution >= 4 is 23.0 Å². The van der Waals surface area contributed by atoms with Crippen LogP contribution >= 0.6 is 11.6 Å². The van der Waals surface area contributed by atoms with Crippen LogP contribution in [-0.2, 0) is 0 Å². The molecule has 9 heteroatoms. The first-order valence-corrected chi connectivity index (χ1v) is 8.22. The van der Waals surface area contributed by atoms with E-state index in [0.717, 1.165) is 11.1 Å². The maximum absolute atomic E-state index is 12.5. The molecule has 1 aromatic carbocycles. The number of aliphatic hydroxyl groups excluding tert-OH is 1. The van der Waals surface area contributed by atoms with Gasteiger partial charge in [-0.3, -0.25) is 14.9 Å². The highest BCUT2D eigenvalue weighted by Gasteiger charge is 2.26. The zero-order valence-corrected chi connectivity index (χ0v) is 14.3. The van der Waals surface area contributed by atoms with Crippen molar-refractivity contribution in [1.82, 2.24) is 9.78 Å². The number of anilines is 1. The Kier molecular flexibility index (Phi) is 4.73. The van der Waals surface area contributed by atoms with Gasteiger partial charge in [0.05, 0.1) is 28.6 Å². The molecular formula is C16H17ClN4O4. The fraction of sp³-hybridized carbons (Fsp3) is 0.375. The Hall–Kier alpha value is -2.45. The molecule has 0 radical (unpaired) electrons. The third-order valence-corrected chi connectivity index (χ3v) is 4.82. The van der Waals surface area contributed by atoms with Crippen molar-refractivity contribution < 1.29 is 10.0 Å². The van der Waals surface area contributed by atoms with Crippen LogP contribution in [0.3, 0.4) is 0 Å². The average Bonchev–Trinajstić information content (AvgIpc) is 2.60. The molecule has 0 aliphatic carbocycles. The molecule has 1 aromatic heterocycles. The van der Waals surface area contributed by atoms with Gasteiger partial charge in [0.1, 0.15) is 5.02 Å². The van der Waals surface area contributed by atoms with Gasteiger partial charge in [-0.25, -0.2) is 0 Å². The largest absolute Gasteiger partial charge is 0.391 e. The van der Waals surface area contributed by atoms with Gasteiger partial charge < -0.3 is 10.0 Å². The summed E-state index contributed by atoms with van der Waals surface area (Å²) in [5.74, 6) is 0.198. The lowest BCUT2D eigenvalue weighted by Crippen LogP contribution is -2.43. The third-order valence-electron chi connectivity index (χ3n) is 4.46. The molecule has 2 atom stereocenters. The minimum Gasteiger partial charge on any atom is -0.391 e. The lowest BCUT2D eigenvalue weighted by molar-refractivity contribution is -0.384. The van der Waals surface area contributed by atoms with Crippen molar-refractivity contribution in [2.75, 3.05) is 18.0 Å². The van der Waals surface area contributed by atoms with Crippen molar-refractivity contribution in [3.05, 3.63) is 56.0 Å². The lowest BCUT2D eigenvalue weighted by atomic mass is 9.96. The highest BCUT2D eigenvalue weighted by molar-refractivity contribution is 6.33. The molecule has 0 amide bonds. The fourth-order valence-electron chi connectivity index (χ4n) is 2.81. The Balaban J connectivity index is 1.93. The third kappa shape index (κ3) is 3.35. The van der Waals surface area contributed by atoms with Crippen molar-refractivity contribution in [2.45, 2.75) is 19.4 Å². The summed E-state index contributed by atoms with van der Waals surface area (Å²) in [6.45, 7) is 3.05. The second-order valence-electron chi connectivity index (χ2n) is 6.11. The van der Waals surface area contributed by atoms with E-state index in [2.05, 4.69) is 5.10 Å². The Morgan fingerprint density at radius 1 is 1.36 bits per heavy atom. The van der Waals surface area contributed by atoms with E-state index in [4.69, 9.17) is 11.6 Å². The van der Waals surface area contributed by atoms with Gasteiger partial charge in [0.25, 0.3) is 11.2 Å². The normalized spacial score (nSPS) is 20.5. The highest BCUT2D eigenvalue weighted by Crippen LogP contribution is 2.27. The molecule has 3 rings (SSSR count). The fourth-order valence-corrected chi connectivity index (χ4v) is 3.06. The summed E-state index contributed by atoms with van der Waals surface area (Å²) in [7, 11) is 0. The van der Waals surface area contributed by atoms with Crippen LogP contribution in [0.2, 0.25) is 5.02 Å². The van der Waals surface area contributed by atoms with Crippen LogP contribution in [0.15, 0.2) is 35.3 Å². The molecule has 25 heavy (non-hydrogen) atoms. The smallest absolute Gasteiger partial charge is 0.292 e. The first kappa shape index (κ1) is 17.4. The summed E-state index contributed by atoms with van der Waals surface area (Å²) in [5.41, 5.74) is 0.282. The molecule has 0 spiro atoms. The number of halogens is 1. The van der Waals surface area contributed by atoms with Crippen molar-refractivity contribution in [1.29, 1.82) is 0 Å². The Morgan fingerprint density at radius 3 is 2.64 bits per heavy atom. The number of rotatable bonds is 3. The number of benzene rings is 1. The summed E-state index contributed by atoms with van der Waals surface area (Å²) < 4.78 is 1.10. The minimum absolute atomic E-state index is 0.00936. The SMILES string of the molecule is CC1CCN(c2cnn(-c3ccc([N+](=O)[O-])cc3)c(=O)c2Cl)CC1O. The molecule has 2 aromatic rings. The number of nitrogens with zero attached hydrogens (tertiary/aromatic N) is 4. The van der Waals surface area contributed by atoms with E-state index in [-0.39, 0.29) is 16.6 Å². The van der Waals surface area contributed by atoms with Crippen LogP contribution in [0.5, 0.6) is 0 Å². The molecule has 8 nitrogen and oxygen atoms in total. The average molecular weight is 365 g/mol. The zero-order valence-electron chi connectivity index (χ0n) is 13.5. The number of nitro groups is 1. The summed E-state index contributed by atoms with van der Waals surface area (Å²) >= 11 is 6.24. The number of hydrogen-bond acceptors (Lipinski definition) is 6. The molecule has 0 bridgehead atoms. The zero-order chi connectivity index (χ0) is 18.1. The number of hydrogen-bond donors (Lipinski definition) is 1. The lowest BCUT2D eigenvalue weighted by Gasteiger charge is -2.35. The summed E-state index contributed by atoms with van der Waals surface area (Å²) in [5, 5.41) is 24.9. The quantitative estimate of drug-likeness (QED) is 0.660. The van der Waals surface area contributed by atoms with Crippen LogP contribution in [0, 0.1) is 16.0 Å². The Morgan fingerprint density at radius 2 is 2.04 bits per heavy atom. The van der Waals surface area contributed by atoms with E-state index >= 15 is 0 Å². The molecule has 1 N–H and O–H groups in total. The molecule has 2 heterocycles. The van der Waals surface area contributed by atoms with Crippen molar-refractivity contribution in [2.24, 2.45) is 5.92 Å². The number of aromatic nitrogens is 2. The van der Waals surface area contributed by atoms with E-state index in [1.54, 1.807) is 0 Å². The summed E-state index contributed by atoms with van der Waals surface area (Å²) in [4.78, 5) is 24.6. The van der Waals surface area contributed by atoms with Gasteiger partial charge in [-0.05, 0) is 24.5 Å². The Bertz CT molecular complexity index is 852. The van der Waals surface area contributed by atoms with Crippen LogP contribution in [0.4, 0.5) is 11.4 Å². The molecule has 1 fully saturated rings. The maximum Gasteiger partial charge on any atom is 0.292 e. The predicted octanol–water partition coefficient (Wildman–Crippen LogP) is 2.00. The highest BCUT2D eigenvalue weighted by atomic mass is 35.5. The molecule has 132 valence electrons. The number of non-ortho nitro benzene ring substituents is 1. The molecule has 1 aliphatic heterocycles. The number of β-amino-alcohol motifs (C(OH)–C–C–N with tert-alkyl or cyclic N) is 1. The topological polar surface area (TPSA) is 102 Å². The van der Waals surface area contributed by atoms with Crippen molar-refractivity contribution in [3.8, 4) is 5.69 Å². The number of piperidine rings is 1. The monoisotopic (exact) mass is 364 g/mol. The van der Waals surface area contributed by atoms with Crippen LogP contribution in [-0.4, -0.2) is 39.0 Å². The molecule has 0 saturated carbocycles. The van der Waals surface area contributed by atoms with E-state index in [9.17, 15) is 20.0 Å². The molecular weight excluding hydrogens is 348 g/mol. The van der Waals surface area contributed by atoms with E-state index < -0.39 is 16.6 Å². The van der Waals surface area contributed by atoms with Gasteiger partial charge in [0, 0.05) is 25.2 Å². The number of nitro benzene ring substituents is 1. The van der Waals surface area contributed by atoms with E-state index in [1.807, 2.05) is 11.8 Å². The van der Waals surface area contributed by atoms with Gasteiger partial charge in [-0.1, -0.05) is 18.5 Å². The van der Waals surface area contributed by atoms with Crippen LogP contribution < -0.4 is 10.5 Å². The van der Waals surface area contributed by atoms with Crippen LogP contribution in [0.1, 0.15) is 13.3 Å². The van der Waals surface area contributed by atoms with Gasteiger partial charge in [-0.15, -0.1) is 0 Å². The first-order valence-electron chi connectivity index (χ1n) is 7.84. The predicted molar refractivity (Wildman–Crippen MR) is 93.5 cm³/mol. The van der Waals surface area contributed by atoms with Gasteiger partial charge in [0.15, 0.2) is 0 Å². The molecule has 1 aliphatic rings. The Labute approximate surface area is 148 Å². The first-order chi connectivity index (χ1) is 11.9. The second-order valence-corrected chi connectivity index (χ2v) is 6.49. The van der Waals surface area contributed by atoms with E-state index in [1.165, 1.54) is 30.5 Å². The maximum atomic E-state index is 12.5. The molecule has 2 unspecified atom stereocenters. The van der Waals surface area contributed by atoms with E-state index in [0.29, 0.717) is 24.5 Å². The minimum atomic E-state index is -0.515. The van der Waals surface area contributed by atoms with Crippen molar-refractivity contribution in [3.63, 3.8) is 0 Å². The summed E-state index contributed by atoms with van der Waals surface area (Å²) in [6, 6.07) is 5.48. The van der Waals surface area contributed by atoms with Gasteiger partial charge in [-0.2, -0.15) is 9.78 Å². The number of aliphatic hydroxyl groups is 1. The summed E-state index contributed by atoms with van der Waals surface area (Å²) in [6.07, 6.45) is 1.79. The molecule has 1 saturated heterocycles.